The van der Waals surface area contributed by atoms with Crippen molar-refractivity contribution in [1.82, 2.24) is 20.2 Å². The van der Waals surface area contributed by atoms with Crippen LogP contribution >= 0.6 is 0 Å². The minimum absolute atomic E-state index is 0.0952. The van der Waals surface area contributed by atoms with Crippen LogP contribution < -0.4 is 0 Å². The van der Waals surface area contributed by atoms with Gasteiger partial charge in [0.1, 0.15) is 6.54 Å². The first kappa shape index (κ1) is 19.8. The summed E-state index contributed by atoms with van der Waals surface area (Å²) in [6.45, 7) is 9.89. The Kier molecular flexibility index (Phi) is 5.22. The van der Waals surface area contributed by atoms with Crippen LogP contribution in [-0.4, -0.2) is 26.0 Å². The van der Waals surface area contributed by atoms with Gasteiger partial charge in [-0.3, -0.25) is 4.79 Å². The minimum Gasteiger partial charge on any atom is -0.297 e. The fraction of sp³-hybridized carbons (Fsp3) is 0.826. The SMILES string of the molecule is CCCC1(C)C2=CCC3(C)C(C(=O)Cn4ncnn4)CCC3C2CCC1CC. The van der Waals surface area contributed by atoms with Crippen LogP contribution in [0.3, 0.4) is 0 Å². The lowest BCUT2D eigenvalue weighted by Crippen LogP contribution is -2.47. The van der Waals surface area contributed by atoms with Crippen LogP contribution in [0.25, 0.3) is 0 Å². The van der Waals surface area contributed by atoms with E-state index in [0.717, 1.165) is 18.8 Å². The van der Waals surface area contributed by atoms with Gasteiger partial charge in [-0.25, -0.2) is 0 Å². The van der Waals surface area contributed by atoms with E-state index < -0.39 is 0 Å². The third-order valence-corrected chi connectivity index (χ3v) is 8.78. The minimum atomic E-state index is 0.0952. The molecule has 2 fully saturated rings. The Balaban J connectivity index is 1.60. The highest BCUT2D eigenvalue weighted by Gasteiger charge is 2.57. The first-order valence-corrected chi connectivity index (χ1v) is 11.4. The van der Waals surface area contributed by atoms with E-state index in [1.54, 1.807) is 5.57 Å². The smallest absolute Gasteiger partial charge is 0.162 e. The van der Waals surface area contributed by atoms with E-state index in [0.29, 0.717) is 23.0 Å². The van der Waals surface area contributed by atoms with Crippen molar-refractivity contribution in [2.75, 3.05) is 0 Å². The standard InChI is InChI=1S/C23H36N4O/c1-5-12-22(3)16(6-2)7-8-17-18-9-10-20(23(18,4)13-11-19(17)22)21(28)14-27-25-15-24-26-27/h11,15-18,20H,5-10,12-14H2,1-4H3. The fourth-order valence-corrected chi connectivity index (χ4v) is 7.43. The van der Waals surface area contributed by atoms with E-state index in [1.165, 1.54) is 49.6 Å². The van der Waals surface area contributed by atoms with Crippen LogP contribution in [0.4, 0.5) is 0 Å². The molecule has 1 aromatic heterocycles. The van der Waals surface area contributed by atoms with Crippen LogP contribution in [0.15, 0.2) is 18.0 Å². The maximum absolute atomic E-state index is 13.1. The van der Waals surface area contributed by atoms with E-state index in [2.05, 4.69) is 49.2 Å². The summed E-state index contributed by atoms with van der Waals surface area (Å²) in [4.78, 5) is 14.6. The molecule has 1 heterocycles. The molecular weight excluding hydrogens is 348 g/mol. The molecule has 0 N–H and O–H groups in total. The van der Waals surface area contributed by atoms with Crippen LogP contribution in [0.2, 0.25) is 0 Å². The van der Waals surface area contributed by atoms with E-state index in [-0.39, 0.29) is 17.9 Å². The van der Waals surface area contributed by atoms with Gasteiger partial charge in [0.2, 0.25) is 0 Å². The zero-order valence-electron chi connectivity index (χ0n) is 18.0. The summed E-state index contributed by atoms with van der Waals surface area (Å²) in [7, 11) is 0. The van der Waals surface area contributed by atoms with Gasteiger partial charge in [-0.05, 0) is 72.3 Å². The lowest BCUT2D eigenvalue weighted by Gasteiger charge is -2.54. The molecule has 28 heavy (non-hydrogen) atoms. The Hall–Kier alpha value is -1.52. The van der Waals surface area contributed by atoms with E-state index in [9.17, 15) is 4.79 Å². The van der Waals surface area contributed by atoms with Crippen molar-refractivity contribution in [3.05, 3.63) is 18.0 Å². The summed E-state index contributed by atoms with van der Waals surface area (Å²) in [6, 6.07) is 0. The Bertz CT molecular complexity index is 742. The number of tetrazole rings is 1. The van der Waals surface area contributed by atoms with Gasteiger partial charge in [0, 0.05) is 5.92 Å². The maximum Gasteiger partial charge on any atom is 0.162 e. The molecule has 0 radical (unpaired) electrons. The maximum atomic E-state index is 13.1. The van der Waals surface area contributed by atoms with Gasteiger partial charge in [-0.2, -0.15) is 4.80 Å². The van der Waals surface area contributed by atoms with Gasteiger partial charge >= 0.3 is 0 Å². The van der Waals surface area contributed by atoms with Crippen molar-refractivity contribution >= 4 is 5.78 Å². The molecule has 6 unspecified atom stereocenters. The number of carbonyl (C=O) groups excluding carboxylic acids is 1. The number of carbonyl (C=O) groups is 1. The van der Waals surface area contributed by atoms with Gasteiger partial charge in [-0.1, -0.05) is 52.2 Å². The summed E-state index contributed by atoms with van der Waals surface area (Å²) in [5.41, 5.74) is 2.21. The molecule has 2 saturated carbocycles. The van der Waals surface area contributed by atoms with Gasteiger partial charge in [-0.15, -0.1) is 10.2 Å². The summed E-state index contributed by atoms with van der Waals surface area (Å²) >= 11 is 0. The van der Waals surface area contributed by atoms with E-state index in [4.69, 9.17) is 0 Å². The summed E-state index contributed by atoms with van der Waals surface area (Å²) < 4.78 is 0. The molecule has 0 aliphatic heterocycles. The third-order valence-electron chi connectivity index (χ3n) is 8.78. The van der Waals surface area contributed by atoms with E-state index in [1.807, 2.05) is 0 Å². The normalized spacial score (nSPS) is 39.9. The van der Waals surface area contributed by atoms with Crippen molar-refractivity contribution in [1.29, 1.82) is 0 Å². The number of rotatable bonds is 6. The predicted octanol–water partition coefficient (Wildman–Crippen LogP) is 4.85. The second-order valence-electron chi connectivity index (χ2n) is 9.99. The Morgan fingerprint density at radius 2 is 2.04 bits per heavy atom. The molecule has 1 aromatic rings. The van der Waals surface area contributed by atoms with Crippen molar-refractivity contribution in [2.45, 2.75) is 85.6 Å². The fourth-order valence-electron chi connectivity index (χ4n) is 7.43. The number of hydrogen-bond donors (Lipinski definition) is 0. The lowest BCUT2D eigenvalue weighted by molar-refractivity contribution is -0.128. The highest BCUT2D eigenvalue weighted by molar-refractivity contribution is 5.82. The van der Waals surface area contributed by atoms with Crippen LogP contribution in [0.5, 0.6) is 0 Å². The largest absolute Gasteiger partial charge is 0.297 e. The van der Waals surface area contributed by atoms with Crippen molar-refractivity contribution in [3.63, 3.8) is 0 Å². The molecule has 0 amide bonds. The predicted molar refractivity (Wildman–Crippen MR) is 109 cm³/mol. The third kappa shape index (κ3) is 2.96. The Morgan fingerprint density at radius 1 is 1.21 bits per heavy atom. The van der Waals surface area contributed by atoms with Gasteiger partial charge in [0.25, 0.3) is 0 Å². The van der Waals surface area contributed by atoms with E-state index >= 15 is 0 Å². The molecule has 0 aromatic carbocycles. The molecule has 3 aliphatic rings. The monoisotopic (exact) mass is 384 g/mol. The molecule has 0 spiro atoms. The Labute approximate surface area is 169 Å². The molecule has 3 aliphatic carbocycles. The quantitative estimate of drug-likeness (QED) is 0.658. The van der Waals surface area contributed by atoms with Gasteiger partial charge in [0.15, 0.2) is 12.1 Å². The van der Waals surface area contributed by atoms with Gasteiger partial charge in [0.05, 0.1) is 0 Å². The average Bonchev–Trinajstić information content (AvgIpc) is 3.29. The van der Waals surface area contributed by atoms with Gasteiger partial charge < -0.3 is 0 Å². The van der Waals surface area contributed by atoms with Crippen molar-refractivity contribution in [3.8, 4) is 0 Å². The molecule has 5 nitrogen and oxygen atoms in total. The molecule has 5 heteroatoms. The number of nitrogens with zero attached hydrogens (tertiary/aromatic N) is 4. The topological polar surface area (TPSA) is 60.7 Å². The second-order valence-corrected chi connectivity index (χ2v) is 9.99. The highest BCUT2D eigenvalue weighted by atomic mass is 16.1. The molecule has 0 saturated heterocycles. The second kappa shape index (κ2) is 7.38. The summed E-state index contributed by atoms with van der Waals surface area (Å²) in [6.07, 6.45) is 13.8. The first-order chi connectivity index (χ1) is 13.4. The van der Waals surface area contributed by atoms with Crippen molar-refractivity contribution in [2.24, 2.45) is 34.5 Å². The zero-order valence-corrected chi connectivity index (χ0v) is 18.0. The molecule has 4 rings (SSSR count). The van der Waals surface area contributed by atoms with Crippen LogP contribution in [0.1, 0.15) is 79.1 Å². The molecule has 6 atom stereocenters. The van der Waals surface area contributed by atoms with Crippen molar-refractivity contribution < 1.29 is 4.79 Å². The number of Topliss-reactive ketones (excluding diaryl/α,β-unsaturated/α-hetero) is 1. The molecule has 0 bridgehead atoms. The summed E-state index contributed by atoms with van der Waals surface area (Å²) in [5.74, 6) is 2.57. The highest BCUT2D eigenvalue weighted by Crippen LogP contribution is 2.64. The molecule has 154 valence electrons. The zero-order chi connectivity index (χ0) is 19.9. The average molecular weight is 385 g/mol. The van der Waals surface area contributed by atoms with Crippen LogP contribution in [0, 0.1) is 34.5 Å². The number of ketones is 1. The Morgan fingerprint density at radius 3 is 2.71 bits per heavy atom. The molecular formula is C23H36N4O. The number of fused-ring (bicyclic) bond motifs is 3. The number of aromatic nitrogens is 4. The number of hydrogen-bond acceptors (Lipinski definition) is 4. The number of allylic oxidation sites excluding steroid dienone is 2. The van der Waals surface area contributed by atoms with Crippen LogP contribution in [-0.2, 0) is 11.3 Å². The summed E-state index contributed by atoms with van der Waals surface area (Å²) in [5, 5.41) is 11.7. The first-order valence-electron chi connectivity index (χ1n) is 11.4. The lowest BCUT2D eigenvalue weighted by atomic mass is 9.50.